The van der Waals surface area contributed by atoms with Crippen molar-refractivity contribution in [2.45, 2.75) is 6.92 Å². The molecule has 20 heavy (non-hydrogen) atoms. The minimum atomic E-state index is -0.203. The number of nitrogens with zero attached hydrogens (tertiary/aromatic N) is 5. The Hall–Kier alpha value is -2.61. The molecule has 7 nitrogen and oxygen atoms in total. The van der Waals surface area contributed by atoms with Crippen molar-refractivity contribution in [3.63, 3.8) is 0 Å². The predicted molar refractivity (Wildman–Crippen MR) is 74.0 cm³/mol. The minimum absolute atomic E-state index is 0.203. The highest BCUT2D eigenvalue weighted by Gasteiger charge is 2.12. The predicted octanol–water partition coefficient (Wildman–Crippen LogP) is 1.68. The van der Waals surface area contributed by atoms with Gasteiger partial charge in [0.25, 0.3) is 5.91 Å². The molecule has 0 saturated heterocycles. The summed E-state index contributed by atoms with van der Waals surface area (Å²) in [6, 6.07) is 3.52. The summed E-state index contributed by atoms with van der Waals surface area (Å²) >= 11 is 1.30. The quantitative estimate of drug-likeness (QED) is 0.791. The average Bonchev–Trinajstić information content (AvgIpc) is 3.10. The Morgan fingerprint density at radius 3 is 2.85 bits per heavy atom. The smallest absolute Gasteiger partial charge is 0.268 e. The van der Waals surface area contributed by atoms with Crippen LogP contribution in [-0.4, -0.2) is 30.6 Å². The standard InChI is InChI=1S/C12H10N6OS/c1-8-11(20-7-15-8)12(19)17-10-3-2-9(4-14-10)18-6-13-5-16-18/h2-7H,1H3,(H,14,17,19). The van der Waals surface area contributed by atoms with Gasteiger partial charge in [-0.1, -0.05) is 0 Å². The largest absolute Gasteiger partial charge is 0.306 e. The number of pyridine rings is 1. The van der Waals surface area contributed by atoms with E-state index in [4.69, 9.17) is 0 Å². The molecule has 0 radical (unpaired) electrons. The Bertz CT molecular complexity index is 719. The zero-order valence-electron chi connectivity index (χ0n) is 10.5. The van der Waals surface area contributed by atoms with Crippen molar-refractivity contribution in [3.8, 4) is 5.69 Å². The second-order valence-electron chi connectivity index (χ2n) is 3.96. The maximum absolute atomic E-state index is 12.0. The van der Waals surface area contributed by atoms with Crippen LogP contribution in [0.25, 0.3) is 5.69 Å². The van der Waals surface area contributed by atoms with E-state index in [2.05, 4.69) is 25.4 Å². The summed E-state index contributed by atoms with van der Waals surface area (Å²) in [5, 5.41) is 6.73. The van der Waals surface area contributed by atoms with E-state index >= 15 is 0 Å². The van der Waals surface area contributed by atoms with Gasteiger partial charge in [-0.25, -0.2) is 19.6 Å². The Balaban J connectivity index is 1.76. The highest BCUT2D eigenvalue weighted by molar-refractivity contribution is 7.12. The molecule has 0 saturated carbocycles. The Morgan fingerprint density at radius 2 is 2.25 bits per heavy atom. The van der Waals surface area contributed by atoms with Crippen LogP contribution in [-0.2, 0) is 0 Å². The van der Waals surface area contributed by atoms with Crippen LogP contribution >= 0.6 is 11.3 Å². The summed E-state index contributed by atoms with van der Waals surface area (Å²) < 4.78 is 1.59. The van der Waals surface area contributed by atoms with Crippen LogP contribution in [0, 0.1) is 6.92 Å². The fourth-order valence-corrected chi connectivity index (χ4v) is 2.33. The molecule has 0 bridgehead atoms. The minimum Gasteiger partial charge on any atom is -0.306 e. The topological polar surface area (TPSA) is 85.6 Å². The first-order valence-corrected chi connectivity index (χ1v) is 6.64. The molecule has 1 amide bonds. The van der Waals surface area contributed by atoms with Crippen LogP contribution in [0.5, 0.6) is 0 Å². The second-order valence-corrected chi connectivity index (χ2v) is 4.82. The summed E-state index contributed by atoms with van der Waals surface area (Å²) in [6.45, 7) is 1.80. The molecule has 3 aromatic rings. The maximum Gasteiger partial charge on any atom is 0.268 e. The molecule has 0 aliphatic rings. The molecule has 1 N–H and O–H groups in total. The van der Waals surface area contributed by atoms with Crippen molar-refractivity contribution >= 4 is 23.1 Å². The first-order valence-electron chi connectivity index (χ1n) is 5.76. The van der Waals surface area contributed by atoms with Crippen LogP contribution in [0.3, 0.4) is 0 Å². The van der Waals surface area contributed by atoms with Gasteiger partial charge in [-0.15, -0.1) is 11.3 Å². The summed E-state index contributed by atoms with van der Waals surface area (Å²) in [5.74, 6) is 0.276. The number of hydrogen-bond donors (Lipinski definition) is 1. The van der Waals surface area contributed by atoms with Crippen LogP contribution in [0.1, 0.15) is 15.4 Å². The summed E-state index contributed by atoms with van der Waals surface area (Å²) in [7, 11) is 0. The zero-order chi connectivity index (χ0) is 13.9. The average molecular weight is 286 g/mol. The van der Waals surface area contributed by atoms with Gasteiger partial charge in [0.1, 0.15) is 23.3 Å². The van der Waals surface area contributed by atoms with E-state index in [-0.39, 0.29) is 5.91 Å². The lowest BCUT2D eigenvalue weighted by Crippen LogP contribution is -2.12. The van der Waals surface area contributed by atoms with E-state index in [1.807, 2.05) is 0 Å². The number of rotatable bonds is 3. The fourth-order valence-electron chi connectivity index (χ4n) is 1.63. The van der Waals surface area contributed by atoms with E-state index < -0.39 is 0 Å². The van der Waals surface area contributed by atoms with Crippen molar-refractivity contribution in [2.75, 3.05) is 5.32 Å². The second kappa shape index (κ2) is 5.17. The molecule has 0 unspecified atom stereocenters. The van der Waals surface area contributed by atoms with Gasteiger partial charge in [0.15, 0.2) is 0 Å². The molecule has 0 aliphatic carbocycles. The van der Waals surface area contributed by atoms with Crippen molar-refractivity contribution in [1.29, 1.82) is 0 Å². The fraction of sp³-hybridized carbons (Fsp3) is 0.0833. The number of aromatic nitrogens is 5. The molecule has 0 aliphatic heterocycles. The van der Waals surface area contributed by atoms with Gasteiger partial charge in [-0.2, -0.15) is 5.10 Å². The van der Waals surface area contributed by atoms with E-state index in [1.165, 1.54) is 17.7 Å². The highest BCUT2D eigenvalue weighted by Crippen LogP contribution is 2.15. The SMILES string of the molecule is Cc1ncsc1C(=O)Nc1ccc(-n2cncn2)cn1. The van der Waals surface area contributed by atoms with Crippen molar-refractivity contribution in [2.24, 2.45) is 0 Å². The molecule has 0 aromatic carbocycles. The molecular weight excluding hydrogens is 276 g/mol. The zero-order valence-corrected chi connectivity index (χ0v) is 11.3. The third-order valence-corrected chi connectivity index (χ3v) is 3.55. The van der Waals surface area contributed by atoms with Gasteiger partial charge in [0.05, 0.1) is 23.1 Å². The molecule has 8 heteroatoms. The number of carbonyl (C=O) groups is 1. The van der Waals surface area contributed by atoms with Gasteiger partial charge < -0.3 is 5.32 Å². The number of hydrogen-bond acceptors (Lipinski definition) is 6. The summed E-state index contributed by atoms with van der Waals surface area (Å²) in [4.78, 5) is 24.7. The van der Waals surface area contributed by atoms with Crippen molar-refractivity contribution in [3.05, 3.63) is 47.1 Å². The molecule has 3 aromatic heterocycles. The van der Waals surface area contributed by atoms with Gasteiger partial charge in [0.2, 0.25) is 0 Å². The van der Waals surface area contributed by atoms with Crippen LogP contribution in [0.4, 0.5) is 5.82 Å². The Kier molecular flexibility index (Phi) is 3.21. The van der Waals surface area contributed by atoms with E-state index in [9.17, 15) is 4.79 Å². The molecule has 0 fully saturated rings. The number of thiazole rings is 1. The molecule has 3 rings (SSSR count). The maximum atomic E-state index is 12.0. The van der Waals surface area contributed by atoms with E-state index in [1.54, 1.807) is 41.8 Å². The summed E-state index contributed by atoms with van der Waals surface area (Å²) in [6.07, 6.45) is 4.64. The van der Waals surface area contributed by atoms with Gasteiger partial charge in [0, 0.05) is 0 Å². The molecule has 0 atom stereocenters. The lowest BCUT2D eigenvalue weighted by molar-refractivity contribution is 0.102. The molecule has 100 valence electrons. The van der Waals surface area contributed by atoms with Gasteiger partial charge in [-0.3, -0.25) is 4.79 Å². The number of amides is 1. The number of nitrogens with one attached hydrogen (secondary N) is 1. The molecule has 0 spiro atoms. The van der Waals surface area contributed by atoms with Gasteiger partial charge in [-0.05, 0) is 19.1 Å². The highest BCUT2D eigenvalue weighted by atomic mass is 32.1. The van der Waals surface area contributed by atoms with Crippen LogP contribution < -0.4 is 5.32 Å². The third-order valence-electron chi connectivity index (χ3n) is 2.62. The number of aryl methyl sites for hydroxylation is 1. The number of carbonyl (C=O) groups excluding carboxylic acids is 1. The Morgan fingerprint density at radius 1 is 1.35 bits per heavy atom. The normalized spacial score (nSPS) is 10.4. The molecular formula is C12H10N6OS. The lowest BCUT2D eigenvalue weighted by Gasteiger charge is -2.04. The first kappa shape index (κ1) is 12.4. The monoisotopic (exact) mass is 286 g/mol. The lowest BCUT2D eigenvalue weighted by atomic mass is 10.3. The van der Waals surface area contributed by atoms with Crippen LogP contribution in [0.15, 0.2) is 36.5 Å². The molecule has 3 heterocycles. The summed E-state index contributed by atoms with van der Waals surface area (Å²) in [5.41, 5.74) is 3.13. The van der Waals surface area contributed by atoms with Crippen LogP contribution in [0.2, 0.25) is 0 Å². The number of anilines is 1. The van der Waals surface area contributed by atoms with E-state index in [0.29, 0.717) is 16.4 Å². The van der Waals surface area contributed by atoms with Crippen molar-refractivity contribution in [1.82, 2.24) is 24.7 Å². The Labute approximate surface area is 118 Å². The third kappa shape index (κ3) is 2.41. The van der Waals surface area contributed by atoms with Crippen molar-refractivity contribution < 1.29 is 4.79 Å². The first-order chi connectivity index (χ1) is 9.74. The van der Waals surface area contributed by atoms with E-state index in [0.717, 1.165) is 5.69 Å². The van der Waals surface area contributed by atoms with Gasteiger partial charge >= 0.3 is 0 Å².